The second-order valence-corrected chi connectivity index (χ2v) is 4.40. The first-order chi connectivity index (χ1) is 9.22. The molecule has 0 amide bonds. The zero-order valence-electron chi connectivity index (χ0n) is 10.8. The number of aromatic amines is 1. The molecule has 5 heteroatoms. The maximum atomic E-state index is 9.09. The van der Waals surface area contributed by atoms with E-state index in [9.17, 15) is 0 Å². The van der Waals surface area contributed by atoms with Crippen molar-refractivity contribution in [1.29, 1.82) is 5.26 Å². The zero-order valence-corrected chi connectivity index (χ0v) is 10.8. The zero-order chi connectivity index (χ0) is 13.4. The van der Waals surface area contributed by atoms with Crippen LogP contribution < -0.4 is 0 Å². The summed E-state index contributed by atoms with van der Waals surface area (Å²) < 4.78 is 1.81. The summed E-state index contributed by atoms with van der Waals surface area (Å²) >= 11 is 0. The molecule has 0 aliphatic carbocycles. The lowest BCUT2D eigenvalue weighted by molar-refractivity contribution is 0.749. The number of H-pyrrole nitrogens is 1. The summed E-state index contributed by atoms with van der Waals surface area (Å²) in [5.41, 5.74) is 4.11. The molecule has 94 valence electrons. The third kappa shape index (κ3) is 1.78. The molecule has 0 spiro atoms. The van der Waals surface area contributed by atoms with E-state index in [4.69, 9.17) is 5.26 Å². The Kier molecular flexibility index (Phi) is 2.57. The molecule has 0 fully saturated rings. The maximum absolute atomic E-state index is 9.09. The summed E-state index contributed by atoms with van der Waals surface area (Å²) in [7, 11) is 1.90. The number of imidazole rings is 1. The summed E-state index contributed by atoms with van der Waals surface area (Å²) in [6, 6.07) is 9.72. The standard InChI is InChI=1S/C14H13N5/c1-3-10-7-12(19(2)18-10)14-16-11-6-4-5-9(8-15)13(11)17-14/h4-7H,3H2,1-2H3,(H,16,17). The van der Waals surface area contributed by atoms with Crippen LogP contribution in [0.25, 0.3) is 22.6 Å². The highest BCUT2D eigenvalue weighted by Gasteiger charge is 2.12. The summed E-state index contributed by atoms with van der Waals surface area (Å²) in [6.07, 6.45) is 0.886. The Morgan fingerprint density at radius 1 is 1.42 bits per heavy atom. The van der Waals surface area contributed by atoms with E-state index in [0.29, 0.717) is 11.1 Å². The summed E-state index contributed by atoms with van der Waals surface area (Å²) in [5.74, 6) is 0.743. The van der Waals surface area contributed by atoms with Gasteiger partial charge in [-0.05, 0) is 24.6 Å². The fourth-order valence-electron chi connectivity index (χ4n) is 2.16. The molecule has 2 aromatic heterocycles. The Bertz CT molecular complexity index is 788. The van der Waals surface area contributed by atoms with Crippen LogP contribution >= 0.6 is 0 Å². The highest BCUT2D eigenvalue weighted by atomic mass is 15.3. The average Bonchev–Trinajstić information content (AvgIpc) is 3.00. The monoisotopic (exact) mass is 251 g/mol. The summed E-state index contributed by atoms with van der Waals surface area (Å²) in [6.45, 7) is 2.07. The number of nitrogens with zero attached hydrogens (tertiary/aromatic N) is 4. The van der Waals surface area contributed by atoms with E-state index in [1.807, 2.05) is 29.9 Å². The van der Waals surface area contributed by atoms with Crippen molar-refractivity contribution in [2.24, 2.45) is 7.05 Å². The van der Waals surface area contributed by atoms with E-state index in [0.717, 1.165) is 29.1 Å². The van der Waals surface area contributed by atoms with Gasteiger partial charge in [0.25, 0.3) is 0 Å². The molecule has 0 unspecified atom stereocenters. The van der Waals surface area contributed by atoms with Crippen LogP contribution in [0.15, 0.2) is 24.3 Å². The molecule has 0 saturated carbocycles. The number of nitriles is 1. The molecule has 3 aromatic rings. The van der Waals surface area contributed by atoms with Crippen molar-refractivity contribution >= 4 is 11.0 Å². The number of hydrogen-bond acceptors (Lipinski definition) is 3. The van der Waals surface area contributed by atoms with E-state index in [1.165, 1.54) is 0 Å². The van der Waals surface area contributed by atoms with Crippen LogP contribution in [0.2, 0.25) is 0 Å². The normalized spacial score (nSPS) is 10.8. The Labute approximate surface area is 110 Å². The van der Waals surface area contributed by atoms with Crippen LogP contribution in [0.1, 0.15) is 18.2 Å². The maximum Gasteiger partial charge on any atom is 0.156 e. The van der Waals surface area contributed by atoms with E-state index >= 15 is 0 Å². The molecule has 3 rings (SSSR count). The highest BCUT2D eigenvalue weighted by Crippen LogP contribution is 2.22. The molecule has 1 N–H and O–H groups in total. The van der Waals surface area contributed by atoms with E-state index in [-0.39, 0.29) is 0 Å². The van der Waals surface area contributed by atoms with Gasteiger partial charge in [-0.15, -0.1) is 0 Å². The van der Waals surface area contributed by atoms with Crippen molar-refractivity contribution in [3.63, 3.8) is 0 Å². The van der Waals surface area contributed by atoms with Crippen LogP contribution in [-0.4, -0.2) is 19.7 Å². The minimum atomic E-state index is 0.581. The largest absolute Gasteiger partial charge is 0.337 e. The molecule has 2 heterocycles. The Morgan fingerprint density at radius 2 is 2.26 bits per heavy atom. The molecule has 5 nitrogen and oxygen atoms in total. The number of para-hydroxylation sites is 1. The van der Waals surface area contributed by atoms with Crippen molar-refractivity contribution in [3.05, 3.63) is 35.5 Å². The minimum Gasteiger partial charge on any atom is -0.337 e. The predicted molar refractivity (Wildman–Crippen MR) is 72.4 cm³/mol. The first kappa shape index (κ1) is 11.5. The van der Waals surface area contributed by atoms with Gasteiger partial charge in [0.1, 0.15) is 17.3 Å². The molecule has 0 aliphatic heterocycles. The van der Waals surface area contributed by atoms with Crippen molar-refractivity contribution in [2.75, 3.05) is 0 Å². The second-order valence-electron chi connectivity index (χ2n) is 4.40. The third-order valence-corrected chi connectivity index (χ3v) is 3.17. The Balaban J connectivity index is 2.21. The lowest BCUT2D eigenvalue weighted by Crippen LogP contribution is -1.95. The predicted octanol–water partition coefficient (Wildman–Crippen LogP) is 2.40. The van der Waals surface area contributed by atoms with Gasteiger partial charge in [-0.3, -0.25) is 4.68 Å². The van der Waals surface area contributed by atoms with E-state index in [2.05, 4.69) is 28.1 Å². The SMILES string of the molecule is CCc1cc(-c2nc3c(C#N)cccc3[nH]2)n(C)n1. The number of benzene rings is 1. The number of hydrogen-bond donors (Lipinski definition) is 1. The molecular weight excluding hydrogens is 238 g/mol. The van der Waals surface area contributed by atoms with E-state index < -0.39 is 0 Å². The molecule has 19 heavy (non-hydrogen) atoms. The quantitative estimate of drug-likeness (QED) is 0.760. The molecule has 0 saturated heterocycles. The molecule has 0 aliphatic rings. The van der Waals surface area contributed by atoms with Gasteiger partial charge in [0.05, 0.1) is 16.8 Å². The molecule has 0 radical (unpaired) electrons. The smallest absolute Gasteiger partial charge is 0.156 e. The van der Waals surface area contributed by atoms with Crippen LogP contribution in [0.5, 0.6) is 0 Å². The van der Waals surface area contributed by atoms with Gasteiger partial charge < -0.3 is 4.98 Å². The number of aromatic nitrogens is 4. The lowest BCUT2D eigenvalue weighted by atomic mass is 10.2. The van der Waals surface area contributed by atoms with Crippen molar-refractivity contribution < 1.29 is 0 Å². The molecule has 0 bridgehead atoms. The topological polar surface area (TPSA) is 70.3 Å². The van der Waals surface area contributed by atoms with Crippen molar-refractivity contribution in [2.45, 2.75) is 13.3 Å². The fraction of sp³-hybridized carbons (Fsp3) is 0.214. The summed E-state index contributed by atoms with van der Waals surface area (Å²) in [4.78, 5) is 7.77. The minimum absolute atomic E-state index is 0.581. The lowest BCUT2D eigenvalue weighted by Gasteiger charge is -1.95. The second kappa shape index (κ2) is 4.25. The fourth-order valence-corrected chi connectivity index (χ4v) is 2.16. The van der Waals surface area contributed by atoms with Gasteiger partial charge in [-0.1, -0.05) is 13.0 Å². The van der Waals surface area contributed by atoms with Gasteiger partial charge in [-0.2, -0.15) is 10.4 Å². The van der Waals surface area contributed by atoms with Crippen LogP contribution in [0.4, 0.5) is 0 Å². The third-order valence-electron chi connectivity index (χ3n) is 3.17. The van der Waals surface area contributed by atoms with Gasteiger partial charge in [0, 0.05) is 7.05 Å². The van der Waals surface area contributed by atoms with Gasteiger partial charge >= 0.3 is 0 Å². The Hall–Kier alpha value is -2.61. The van der Waals surface area contributed by atoms with E-state index in [1.54, 1.807) is 6.07 Å². The highest BCUT2D eigenvalue weighted by molar-refractivity contribution is 5.84. The number of nitrogens with one attached hydrogen (secondary N) is 1. The molecule has 0 atom stereocenters. The number of fused-ring (bicyclic) bond motifs is 1. The first-order valence-electron chi connectivity index (χ1n) is 6.15. The van der Waals surface area contributed by atoms with Crippen LogP contribution in [-0.2, 0) is 13.5 Å². The van der Waals surface area contributed by atoms with Crippen LogP contribution in [0, 0.1) is 11.3 Å². The van der Waals surface area contributed by atoms with Crippen LogP contribution in [0.3, 0.4) is 0 Å². The first-order valence-corrected chi connectivity index (χ1v) is 6.15. The molecular formula is C14H13N5. The van der Waals surface area contributed by atoms with Crippen molar-refractivity contribution in [1.82, 2.24) is 19.7 Å². The van der Waals surface area contributed by atoms with Gasteiger partial charge in [-0.25, -0.2) is 4.98 Å². The van der Waals surface area contributed by atoms with Gasteiger partial charge in [0.2, 0.25) is 0 Å². The number of aryl methyl sites for hydroxylation is 2. The van der Waals surface area contributed by atoms with Crippen molar-refractivity contribution in [3.8, 4) is 17.6 Å². The molecule has 1 aromatic carbocycles. The number of rotatable bonds is 2. The average molecular weight is 251 g/mol. The Morgan fingerprint density at radius 3 is 2.95 bits per heavy atom. The van der Waals surface area contributed by atoms with Gasteiger partial charge in [0.15, 0.2) is 5.82 Å². The summed E-state index contributed by atoms with van der Waals surface area (Å²) in [5, 5.41) is 13.5.